The van der Waals surface area contributed by atoms with Crippen LogP contribution in [0.15, 0.2) is 0 Å². The molecule has 1 nitrogen and oxygen atoms in total. The fraction of sp³-hybridized carbons (Fsp3) is 1.00. The summed E-state index contributed by atoms with van der Waals surface area (Å²) < 4.78 is 0. The molecule has 2 saturated carbocycles. The van der Waals surface area contributed by atoms with E-state index in [0.717, 1.165) is 24.2 Å². The van der Waals surface area contributed by atoms with Gasteiger partial charge in [0.05, 0.1) is 0 Å². The van der Waals surface area contributed by atoms with E-state index in [1.807, 2.05) is 0 Å². The predicted octanol–water partition coefficient (Wildman–Crippen LogP) is 1.80. The minimum atomic E-state index is 0.411. The molecule has 0 saturated heterocycles. The molecule has 0 aromatic rings. The SMILES string of the molecule is OCC[C@@H]1C[C@H]2CC[C@@H]1C2. The van der Waals surface area contributed by atoms with Gasteiger partial charge < -0.3 is 5.11 Å². The van der Waals surface area contributed by atoms with E-state index < -0.39 is 0 Å². The van der Waals surface area contributed by atoms with E-state index >= 15 is 0 Å². The van der Waals surface area contributed by atoms with Crippen LogP contribution in [-0.2, 0) is 0 Å². The van der Waals surface area contributed by atoms with Gasteiger partial charge in [0.25, 0.3) is 0 Å². The molecular weight excluding hydrogens is 124 g/mol. The van der Waals surface area contributed by atoms with Crippen LogP contribution in [0.1, 0.15) is 32.1 Å². The molecular formula is C9H16O. The Balaban J connectivity index is 1.90. The highest BCUT2D eigenvalue weighted by Crippen LogP contribution is 2.49. The van der Waals surface area contributed by atoms with Gasteiger partial charge in [-0.25, -0.2) is 0 Å². The third-order valence-corrected chi connectivity index (χ3v) is 3.38. The first-order valence-corrected chi connectivity index (χ1v) is 4.51. The second-order valence-electron chi connectivity index (χ2n) is 3.95. The molecule has 10 heavy (non-hydrogen) atoms. The van der Waals surface area contributed by atoms with Crippen LogP contribution in [0.2, 0.25) is 0 Å². The highest BCUT2D eigenvalue weighted by Gasteiger charge is 2.38. The first-order valence-electron chi connectivity index (χ1n) is 4.51. The zero-order chi connectivity index (χ0) is 6.97. The van der Waals surface area contributed by atoms with Crippen molar-refractivity contribution in [2.45, 2.75) is 32.1 Å². The van der Waals surface area contributed by atoms with E-state index in [1.54, 1.807) is 0 Å². The molecule has 2 aliphatic rings. The lowest BCUT2D eigenvalue weighted by Crippen LogP contribution is -2.11. The van der Waals surface area contributed by atoms with Crippen molar-refractivity contribution in [1.82, 2.24) is 0 Å². The van der Waals surface area contributed by atoms with Crippen LogP contribution in [0.3, 0.4) is 0 Å². The first kappa shape index (κ1) is 6.66. The minimum Gasteiger partial charge on any atom is -0.396 e. The minimum absolute atomic E-state index is 0.411. The topological polar surface area (TPSA) is 20.2 Å². The fourth-order valence-electron chi connectivity index (χ4n) is 2.90. The van der Waals surface area contributed by atoms with Crippen molar-refractivity contribution < 1.29 is 5.11 Å². The van der Waals surface area contributed by atoms with Crippen LogP contribution < -0.4 is 0 Å². The summed E-state index contributed by atoms with van der Waals surface area (Å²) >= 11 is 0. The lowest BCUT2D eigenvalue weighted by Gasteiger charge is -2.19. The van der Waals surface area contributed by atoms with Crippen LogP contribution in [0.5, 0.6) is 0 Å². The molecule has 2 aliphatic carbocycles. The molecule has 0 amide bonds. The Bertz CT molecular complexity index is 122. The van der Waals surface area contributed by atoms with Gasteiger partial charge >= 0.3 is 0 Å². The Morgan fingerprint density at radius 3 is 2.60 bits per heavy atom. The second-order valence-corrected chi connectivity index (χ2v) is 3.95. The maximum absolute atomic E-state index is 8.75. The standard InChI is InChI=1S/C9H16O/c10-4-3-9-6-7-1-2-8(9)5-7/h7-10H,1-6H2/t7-,8+,9+/m0/s1. The Morgan fingerprint density at radius 2 is 2.10 bits per heavy atom. The molecule has 0 unspecified atom stereocenters. The maximum Gasteiger partial charge on any atom is 0.0433 e. The Hall–Kier alpha value is -0.0400. The number of fused-ring (bicyclic) bond motifs is 2. The Kier molecular flexibility index (Phi) is 1.69. The van der Waals surface area contributed by atoms with Gasteiger partial charge in [0.2, 0.25) is 0 Å². The molecule has 0 aromatic carbocycles. The molecule has 0 spiro atoms. The lowest BCUT2D eigenvalue weighted by molar-refractivity contribution is 0.219. The molecule has 2 fully saturated rings. The number of aliphatic hydroxyl groups excluding tert-OH is 1. The van der Waals surface area contributed by atoms with Gasteiger partial charge in [-0.15, -0.1) is 0 Å². The second kappa shape index (κ2) is 2.54. The Labute approximate surface area is 62.4 Å². The third kappa shape index (κ3) is 0.968. The summed E-state index contributed by atoms with van der Waals surface area (Å²) in [5.41, 5.74) is 0. The fourth-order valence-corrected chi connectivity index (χ4v) is 2.90. The largest absolute Gasteiger partial charge is 0.396 e. The number of rotatable bonds is 2. The van der Waals surface area contributed by atoms with Crippen LogP contribution in [0.4, 0.5) is 0 Å². The molecule has 3 atom stereocenters. The first-order chi connectivity index (χ1) is 4.90. The maximum atomic E-state index is 8.75. The molecule has 2 bridgehead atoms. The van der Waals surface area contributed by atoms with Crippen molar-refractivity contribution in [3.05, 3.63) is 0 Å². The van der Waals surface area contributed by atoms with Crippen molar-refractivity contribution in [3.8, 4) is 0 Å². The van der Waals surface area contributed by atoms with Gasteiger partial charge in [0.1, 0.15) is 0 Å². The summed E-state index contributed by atoms with van der Waals surface area (Å²) in [5, 5.41) is 8.75. The molecule has 1 heteroatoms. The van der Waals surface area contributed by atoms with Gasteiger partial charge in [-0.2, -0.15) is 0 Å². The molecule has 0 heterocycles. The summed E-state index contributed by atoms with van der Waals surface area (Å²) in [7, 11) is 0. The molecule has 2 rings (SSSR count). The summed E-state index contributed by atoms with van der Waals surface area (Å²) in [6.45, 7) is 0.411. The quantitative estimate of drug-likeness (QED) is 0.620. The van der Waals surface area contributed by atoms with Crippen molar-refractivity contribution in [2.75, 3.05) is 6.61 Å². The van der Waals surface area contributed by atoms with Gasteiger partial charge in [-0.05, 0) is 43.4 Å². The van der Waals surface area contributed by atoms with E-state index in [2.05, 4.69) is 0 Å². The molecule has 1 N–H and O–H groups in total. The zero-order valence-electron chi connectivity index (χ0n) is 6.42. The highest BCUT2D eigenvalue weighted by molar-refractivity contribution is 4.89. The van der Waals surface area contributed by atoms with Crippen LogP contribution in [-0.4, -0.2) is 11.7 Å². The molecule has 58 valence electrons. The van der Waals surface area contributed by atoms with E-state index in [0.29, 0.717) is 6.61 Å². The van der Waals surface area contributed by atoms with Crippen LogP contribution >= 0.6 is 0 Å². The number of hydrogen-bond donors (Lipinski definition) is 1. The summed E-state index contributed by atoms with van der Waals surface area (Å²) in [4.78, 5) is 0. The van der Waals surface area contributed by atoms with Crippen LogP contribution in [0.25, 0.3) is 0 Å². The van der Waals surface area contributed by atoms with Crippen molar-refractivity contribution in [1.29, 1.82) is 0 Å². The third-order valence-electron chi connectivity index (χ3n) is 3.38. The monoisotopic (exact) mass is 140 g/mol. The van der Waals surface area contributed by atoms with Crippen LogP contribution in [0, 0.1) is 17.8 Å². The summed E-state index contributed by atoms with van der Waals surface area (Å²) in [5.74, 6) is 2.93. The zero-order valence-corrected chi connectivity index (χ0v) is 6.42. The molecule has 0 aromatic heterocycles. The molecule has 0 radical (unpaired) electrons. The molecule has 0 aliphatic heterocycles. The van der Waals surface area contributed by atoms with E-state index in [1.165, 1.54) is 25.7 Å². The average Bonchev–Trinajstić information content (AvgIpc) is 2.48. The smallest absolute Gasteiger partial charge is 0.0433 e. The van der Waals surface area contributed by atoms with Gasteiger partial charge in [0, 0.05) is 6.61 Å². The van der Waals surface area contributed by atoms with E-state index in [4.69, 9.17) is 5.11 Å². The highest BCUT2D eigenvalue weighted by atomic mass is 16.3. The van der Waals surface area contributed by atoms with Gasteiger partial charge in [-0.3, -0.25) is 0 Å². The number of hydrogen-bond acceptors (Lipinski definition) is 1. The Morgan fingerprint density at radius 1 is 1.20 bits per heavy atom. The predicted molar refractivity (Wildman–Crippen MR) is 40.6 cm³/mol. The lowest BCUT2D eigenvalue weighted by atomic mass is 9.87. The van der Waals surface area contributed by atoms with Gasteiger partial charge in [-0.1, -0.05) is 6.42 Å². The average molecular weight is 140 g/mol. The number of aliphatic hydroxyl groups is 1. The van der Waals surface area contributed by atoms with Crippen molar-refractivity contribution in [2.24, 2.45) is 17.8 Å². The van der Waals surface area contributed by atoms with Crippen molar-refractivity contribution in [3.63, 3.8) is 0 Å². The normalized spacial score (nSPS) is 44.7. The summed E-state index contributed by atoms with van der Waals surface area (Å²) in [6.07, 6.45) is 6.90. The van der Waals surface area contributed by atoms with Crippen molar-refractivity contribution >= 4 is 0 Å². The van der Waals surface area contributed by atoms with E-state index in [9.17, 15) is 0 Å². The van der Waals surface area contributed by atoms with E-state index in [-0.39, 0.29) is 0 Å². The summed E-state index contributed by atoms with van der Waals surface area (Å²) in [6, 6.07) is 0. The van der Waals surface area contributed by atoms with Gasteiger partial charge in [0.15, 0.2) is 0 Å².